The van der Waals surface area contributed by atoms with Gasteiger partial charge in [-0.3, -0.25) is 9.89 Å². The highest BCUT2D eigenvalue weighted by atomic mass is 16.5. The van der Waals surface area contributed by atoms with Crippen molar-refractivity contribution in [1.29, 1.82) is 0 Å². The molecule has 1 atom stereocenters. The van der Waals surface area contributed by atoms with Gasteiger partial charge in [0.15, 0.2) is 11.8 Å². The summed E-state index contributed by atoms with van der Waals surface area (Å²) in [5, 5.41) is 10.6. The number of carbonyl (C=O) groups excluding carboxylic acids is 1. The molecule has 0 radical (unpaired) electrons. The van der Waals surface area contributed by atoms with E-state index in [-0.39, 0.29) is 11.9 Å². The maximum absolute atomic E-state index is 12.1. The van der Waals surface area contributed by atoms with Gasteiger partial charge in [-0.1, -0.05) is 0 Å². The number of aromatic nitrogens is 3. The highest BCUT2D eigenvalue weighted by Crippen LogP contribution is 2.20. The lowest BCUT2D eigenvalue weighted by Gasteiger charge is -2.33. The number of nitrogens with one attached hydrogen (secondary N) is 2. The molecule has 30 heavy (non-hydrogen) atoms. The molecular formula is C21H30N6O3. The van der Waals surface area contributed by atoms with Crippen molar-refractivity contribution < 1.29 is 14.3 Å². The Morgan fingerprint density at radius 2 is 2.13 bits per heavy atom. The molecule has 1 unspecified atom stereocenters. The second kappa shape index (κ2) is 10.6. The number of piperidine rings is 1. The van der Waals surface area contributed by atoms with Gasteiger partial charge in [-0.15, -0.1) is 0 Å². The molecule has 1 aliphatic rings. The van der Waals surface area contributed by atoms with E-state index < -0.39 is 0 Å². The van der Waals surface area contributed by atoms with Gasteiger partial charge in [-0.2, -0.15) is 5.10 Å². The fourth-order valence-electron chi connectivity index (χ4n) is 3.43. The van der Waals surface area contributed by atoms with Gasteiger partial charge >= 0.3 is 5.97 Å². The van der Waals surface area contributed by atoms with E-state index in [0.717, 1.165) is 43.2 Å². The first kappa shape index (κ1) is 21.6. The zero-order valence-electron chi connectivity index (χ0n) is 17.9. The lowest BCUT2D eigenvalue weighted by atomic mass is 9.98. The second-order valence-electron chi connectivity index (χ2n) is 7.04. The molecule has 3 rings (SSSR count). The number of nitrogens with zero attached hydrogens (tertiary/aromatic N) is 4. The summed E-state index contributed by atoms with van der Waals surface area (Å²) < 4.78 is 10.4. The Bertz CT molecular complexity index is 849. The normalized spacial score (nSPS) is 17.0. The summed E-state index contributed by atoms with van der Waals surface area (Å²) in [5.41, 5.74) is 0.905. The summed E-state index contributed by atoms with van der Waals surface area (Å²) in [4.78, 5) is 23.5. The van der Waals surface area contributed by atoms with E-state index in [1.807, 2.05) is 38.1 Å². The summed E-state index contributed by atoms with van der Waals surface area (Å²) in [6, 6.07) is 7.59. The fourth-order valence-corrected chi connectivity index (χ4v) is 3.43. The first-order valence-electron chi connectivity index (χ1n) is 10.4. The topological polar surface area (TPSA) is 105 Å². The van der Waals surface area contributed by atoms with Gasteiger partial charge < -0.3 is 19.7 Å². The molecule has 2 aromatic rings. The second-order valence-corrected chi connectivity index (χ2v) is 7.04. The quantitative estimate of drug-likeness (QED) is 0.407. The van der Waals surface area contributed by atoms with Crippen molar-refractivity contribution in [2.75, 3.05) is 33.4 Å². The average Bonchev–Trinajstić information content (AvgIpc) is 3.26. The molecular weight excluding hydrogens is 384 g/mol. The number of aliphatic imine (C=N–C) groups is 1. The summed E-state index contributed by atoms with van der Waals surface area (Å²) in [5.74, 6) is 2.61. The lowest BCUT2D eigenvalue weighted by Crippen LogP contribution is -2.48. The molecule has 162 valence electrons. The van der Waals surface area contributed by atoms with Crippen LogP contribution in [0.25, 0.3) is 11.4 Å². The molecule has 2 heterocycles. The minimum Gasteiger partial charge on any atom is -0.497 e. The minimum atomic E-state index is -0.127. The van der Waals surface area contributed by atoms with Crippen LogP contribution in [0.4, 0.5) is 0 Å². The number of rotatable bonds is 7. The van der Waals surface area contributed by atoms with Crippen molar-refractivity contribution in [3.05, 3.63) is 30.1 Å². The Hall–Kier alpha value is -3.10. The Morgan fingerprint density at radius 3 is 2.83 bits per heavy atom. The molecule has 0 amide bonds. The number of likely N-dealkylation sites (tertiary alicyclic amines) is 1. The molecule has 9 heteroatoms. The van der Waals surface area contributed by atoms with Crippen LogP contribution in [0.5, 0.6) is 5.75 Å². The molecule has 0 saturated carbocycles. The number of aromatic amines is 1. The number of carbonyl (C=O) groups is 1. The maximum atomic E-state index is 12.1. The number of benzene rings is 1. The van der Waals surface area contributed by atoms with E-state index in [2.05, 4.69) is 25.4 Å². The Kier molecular flexibility index (Phi) is 7.64. The zero-order chi connectivity index (χ0) is 21.3. The SMILES string of the molecule is CCNC(=NCc1nc(-c2ccc(OC)cc2)n[nH]1)N1CCCC(C(=O)OCC)C1. The summed E-state index contributed by atoms with van der Waals surface area (Å²) in [6.07, 6.45) is 1.78. The Labute approximate surface area is 176 Å². The first-order valence-corrected chi connectivity index (χ1v) is 10.4. The van der Waals surface area contributed by atoms with E-state index in [4.69, 9.17) is 14.5 Å². The molecule has 1 fully saturated rings. The standard InChI is InChI=1S/C21H30N6O3/c1-4-22-21(27-12-6-7-16(14-27)20(28)30-5-2)23-13-18-24-19(26-25-18)15-8-10-17(29-3)11-9-15/h8-11,16H,4-7,12-14H2,1-3H3,(H,22,23)(H,24,25,26). The largest absolute Gasteiger partial charge is 0.497 e. The van der Waals surface area contributed by atoms with Crippen LogP contribution in [0.15, 0.2) is 29.3 Å². The predicted octanol–water partition coefficient (Wildman–Crippen LogP) is 2.22. The molecule has 2 N–H and O–H groups in total. The summed E-state index contributed by atoms with van der Waals surface area (Å²) >= 11 is 0. The van der Waals surface area contributed by atoms with Crippen molar-refractivity contribution >= 4 is 11.9 Å². The minimum absolute atomic E-state index is 0.116. The summed E-state index contributed by atoms with van der Waals surface area (Å²) in [6.45, 7) is 6.85. The van der Waals surface area contributed by atoms with Crippen LogP contribution in [-0.2, 0) is 16.1 Å². The van der Waals surface area contributed by atoms with Crippen molar-refractivity contribution in [3.8, 4) is 17.1 Å². The van der Waals surface area contributed by atoms with E-state index in [1.54, 1.807) is 7.11 Å². The van der Waals surface area contributed by atoms with Crippen LogP contribution in [-0.4, -0.2) is 65.4 Å². The first-order chi connectivity index (χ1) is 14.6. The van der Waals surface area contributed by atoms with Crippen molar-refractivity contribution in [2.45, 2.75) is 33.2 Å². The number of hydrogen-bond donors (Lipinski definition) is 2. The number of hydrogen-bond acceptors (Lipinski definition) is 6. The summed E-state index contributed by atoms with van der Waals surface area (Å²) in [7, 11) is 1.64. The van der Waals surface area contributed by atoms with Crippen LogP contribution in [0, 0.1) is 5.92 Å². The van der Waals surface area contributed by atoms with Crippen LogP contribution in [0.3, 0.4) is 0 Å². The zero-order valence-corrected chi connectivity index (χ0v) is 17.9. The molecule has 9 nitrogen and oxygen atoms in total. The molecule has 0 spiro atoms. The molecule has 1 saturated heterocycles. The lowest BCUT2D eigenvalue weighted by molar-refractivity contribution is -0.149. The third-order valence-electron chi connectivity index (χ3n) is 4.93. The van der Waals surface area contributed by atoms with Gasteiger partial charge in [0.05, 0.1) is 19.6 Å². The van der Waals surface area contributed by atoms with Gasteiger partial charge in [0.1, 0.15) is 18.1 Å². The van der Waals surface area contributed by atoms with Gasteiger partial charge in [0.2, 0.25) is 0 Å². The van der Waals surface area contributed by atoms with Crippen molar-refractivity contribution in [2.24, 2.45) is 10.9 Å². The van der Waals surface area contributed by atoms with Crippen LogP contribution in [0.1, 0.15) is 32.5 Å². The van der Waals surface area contributed by atoms with E-state index in [9.17, 15) is 4.79 Å². The molecule has 1 aliphatic heterocycles. The van der Waals surface area contributed by atoms with Gasteiger partial charge in [-0.05, 0) is 51.0 Å². The third kappa shape index (κ3) is 5.49. The smallest absolute Gasteiger partial charge is 0.310 e. The van der Waals surface area contributed by atoms with Crippen LogP contribution in [0.2, 0.25) is 0 Å². The van der Waals surface area contributed by atoms with Gasteiger partial charge in [-0.25, -0.2) is 9.98 Å². The van der Waals surface area contributed by atoms with Crippen LogP contribution >= 0.6 is 0 Å². The van der Waals surface area contributed by atoms with E-state index in [0.29, 0.717) is 31.3 Å². The third-order valence-corrected chi connectivity index (χ3v) is 4.93. The molecule has 0 aliphatic carbocycles. The highest BCUT2D eigenvalue weighted by Gasteiger charge is 2.28. The van der Waals surface area contributed by atoms with E-state index in [1.165, 1.54) is 0 Å². The highest BCUT2D eigenvalue weighted by molar-refractivity contribution is 5.81. The predicted molar refractivity (Wildman–Crippen MR) is 114 cm³/mol. The average molecular weight is 415 g/mol. The Morgan fingerprint density at radius 1 is 1.33 bits per heavy atom. The molecule has 1 aromatic carbocycles. The van der Waals surface area contributed by atoms with E-state index >= 15 is 0 Å². The van der Waals surface area contributed by atoms with Gasteiger partial charge in [0.25, 0.3) is 0 Å². The van der Waals surface area contributed by atoms with Crippen molar-refractivity contribution in [1.82, 2.24) is 25.4 Å². The number of methoxy groups -OCH3 is 1. The number of esters is 1. The Balaban J connectivity index is 1.67. The number of H-pyrrole nitrogens is 1. The van der Waals surface area contributed by atoms with Crippen molar-refractivity contribution in [3.63, 3.8) is 0 Å². The van der Waals surface area contributed by atoms with Gasteiger partial charge in [0, 0.05) is 25.2 Å². The fraction of sp³-hybridized carbons (Fsp3) is 0.524. The number of guanidine groups is 1. The molecule has 0 bridgehead atoms. The van der Waals surface area contributed by atoms with Crippen LogP contribution < -0.4 is 10.1 Å². The maximum Gasteiger partial charge on any atom is 0.310 e. The monoisotopic (exact) mass is 414 g/mol. The number of ether oxygens (including phenoxy) is 2. The molecule has 1 aromatic heterocycles.